The Morgan fingerprint density at radius 1 is 1.56 bits per heavy atom. The molecular weight excluding hydrogens is 279 g/mol. The van der Waals surface area contributed by atoms with E-state index in [4.69, 9.17) is 16.1 Å². The number of anilines is 1. The van der Waals surface area contributed by atoms with Crippen LogP contribution in [0.3, 0.4) is 0 Å². The minimum Gasteiger partial charge on any atom is -0.317 e. The third kappa shape index (κ3) is 3.45. The van der Waals surface area contributed by atoms with E-state index >= 15 is 0 Å². The highest BCUT2D eigenvalue weighted by atomic mass is 35.5. The molecule has 0 radical (unpaired) electrons. The van der Waals surface area contributed by atoms with E-state index in [9.17, 15) is 14.7 Å². The first-order valence-electron chi connectivity index (χ1n) is 5.19. The van der Waals surface area contributed by atoms with E-state index in [1.807, 2.05) is 0 Å². The van der Waals surface area contributed by atoms with Crippen LogP contribution in [-0.4, -0.2) is 18.7 Å². The zero-order valence-electron chi connectivity index (χ0n) is 10.3. The smallest absolute Gasteiger partial charge is 0.290 e. The highest BCUT2D eigenvalue weighted by Gasteiger charge is 2.20. The average molecular weight is 293 g/mol. The molecule has 1 unspecified atom stereocenters. The lowest BCUT2D eigenvalue weighted by atomic mass is 10.1. The van der Waals surface area contributed by atoms with E-state index < -0.39 is 12.4 Å². The van der Waals surface area contributed by atoms with E-state index in [2.05, 4.69) is 5.09 Å². The molecule has 6 nitrogen and oxygen atoms in total. The third-order valence-electron chi connectivity index (χ3n) is 2.42. The number of nitrogens with one attached hydrogen (secondary N) is 1. The number of halogens is 1. The van der Waals surface area contributed by atoms with E-state index in [-0.39, 0.29) is 16.4 Å². The summed E-state index contributed by atoms with van der Waals surface area (Å²) in [5.41, 5.74) is 0.702. The van der Waals surface area contributed by atoms with Crippen molar-refractivity contribution in [1.29, 1.82) is 0 Å². The van der Waals surface area contributed by atoms with Gasteiger partial charge in [-0.2, -0.15) is 0 Å². The first kappa shape index (κ1) is 15.0. The van der Waals surface area contributed by atoms with Gasteiger partial charge in [-0.05, 0) is 12.5 Å². The zero-order valence-corrected chi connectivity index (χ0v) is 11.9. The van der Waals surface area contributed by atoms with Gasteiger partial charge in [0.25, 0.3) is 13.2 Å². The van der Waals surface area contributed by atoms with Crippen molar-refractivity contribution in [1.82, 2.24) is 0 Å². The molecule has 0 aromatic heterocycles. The fourth-order valence-corrected chi connectivity index (χ4v) is 2.42. The van der Waals surface area contributed by atoms with Gasteiger partial charge in [-0.25, -0.2) is 0 Å². The van der Waals surface area contributed by atoms with Crippen LogP contribution in [0.25, 0.3) is 0 Å². The average Bonchev–Trinajstić information content (AvgIpc) is 2.30. The van der Waals surface area contributed by atoms with Crippen LogP contribution in [0.15, 0.2) is 12.1 Å². The molecule has 0 heterocycles. The predicted molar refractivity (Wildman–Crippen MR) is 71.6 cm³/mol. The van der Waals surface area contributed by atoms with Crippen molar-refractivity contribution >= 4 is 30.5 Å². The molecule has 0 saturated carbocycles. The molecule has 1 atom stereocenters. The molecule has 1 aromatic rings. The first-order valence-corrected chi connectivity index (χ1v) is 7.64. The van der Waals surface area contributed by atoms with Gasteiger partial charge in [0, 0.05) is 25.4 Å². The predicted octanol–water partition coefficient (Wildman–Crippen LogP) is 3.69. The Morgan fingerprint density at radius 2 is 2.17 bits per heavy atom. The summed E-state index contributed by atoms with van der Waals surface area (Å²) >= 11 is 5.99. The lowest BCUT2D eigenvalue weighted by molar-refractivity contribution is -0.385. The lowest BCUT2D eigenvalue weighted by Gasteiger charge is -2.15. The van der Waals surface area contributed by atoms with Gasteiger partial charge < -0.3 is 9.61 Å². The Hall–Kier alpha value is -1.10. The Labute approximate surface area is 110 Å². The van der Waals surface area contributed by atoms with Crippen molar-refractivity contribution in [2.45, 2.75) is 13.3 Å². The summed E-state index contributed by atoms with van der Waals surface area (Å²) in [4.78, 5) is 10.4. The summed E-state index contributed by atoms with van der Waals surface area (Å²) in [6.45, 7) is 3.16. The summed E-state index contributed by atoms with van der Waals surface area (Å²) < 4.78 is 16.5. The second kappa shape index (κ2) is 5.69. The zero-order chi connectivity index (χ0) is 13.9. The van der Waals surface area contributed by atoms with Crippen LogP contribution in [0.5, 0.6) is 0 Å². The van der Waals surface area contributed by atoms with Crippen LogP contribution in [0.1, 0.15) is 12.5 Å². The van der Waals surface area contributed by atoms with Crippen LogP contribution >= 0.6 is 19.1 Å². The maximum absolute atomic E-state index is 11.8. The van der Waals surface area contributed by atoms with Crippen molar-refractivity contribution in [2.75, 3.05) is 18.9 Å². The largest absolute Gasteiger partial charge is 0.317 e. The van der Waals surface area contributed by atoms with E-state index in [1.54, 1.807) is 6.92 Å². The fourth-order valence-electron chi connectivity index (χ4n) is 1.41. The highest BCUT2D eigenvalue weighted by Crippen LogP contribution is 2.44. The van der Waals surface area contributed by atoms with E-state index in [0.717, 1.165) is 0 Å². The topological polar surface area (TPSA) is 81.5 Å². The van der Waals surface area contributed by atoms with Gasteiger partial charge in [0.1, 0.15) is 0 Å². The quantitative estimate of drug-likeness (QED) is 0.508. The van der Waals surface area contributed by atoms with Gasteiger partial charge in [0.05, 0.1) is 15.6 Å². The SMILES string of the molecule is CCc1cc(Cl)c(NP(C)(=O)OC)cc1[N+](=O)[O-]. The molecule has 8 heteroatoms. The molecule has 1 aromatic carbocycles. The molecule has 100 valence electrons. The Balaban J connectivity index is 3.26. The fraction of sp³-hybridized carbons (Fsp3) is 0.400. The van der Waals surface area contributed by atoms with Crippen molar-refractivity contribution < 1.29 is 14.0 Å². The van der Waals surface area contributed by atoms with Gasteiger partial charge in [-0.1, -0.05) is 18.5 Å². The summed E-state index contributed by atoms with van der Waals surface area (Å²) in [7, 11) is -1.76. The van der Waals surface area contributed by atoms with Gasteiger partial charge in [0.15, 0.2) is 0 Å². The van der Waals surface area contributed by atoms with E-state index in [0.29, 0.717) is 12.0 Å². The van der Waals surface area contributed by atoms with Crippen LogP contribution in [0.2, 0.25) is 5.02 Å². The molecular formula is C10H14ClN2O4P. The van der Waals surface area contributed by atoms with Gasteiger partial charge in [-0.3, -0.25) is 14.7 Å². The molecule has 0 fully saturated rings. The number of nitro benzene ring substituents is 1. The lowest BCUT2D eigenvalue weighted by Crippen LogP contribution is -2.01. The molecule has 0 saturated heterocycles. The molecule has 0 aliphatic carbocycles. The summed E-state index contributed by atoms with van der Waals surface area (Å²) in [5.74, 6) is 0. The number of rotatable bonds is 5. The maximum Gasteiger partial charge on any atom is 0.290 e. The van der Waals surface area contributed by atoms with Gasteiger partial charge in [0.2, 0.25) is 0 Å². The summed E-state index contributed by atoms with van der Waals surface area (Å²) in [5, 5.41) is 13.8. The summed E-state index contributed by atoms with van der Waals surface area (Å²) in [6.07, 6.45) is 0.490. The van der Waals surface area contributed by atoms with Gasteiger partial charge in [-0.15, -0.1) is 0 Å². The normalized spacial score (nSPS) is 14.0. The Morgan fingerprint density at radius 3 is 2.61 bits per heavy atom. The van der Waals surface area contributed by atoms with Crippen LogP contribution < -0.4 is 5.09 Å². The minimum absolute atomic E-state index is 0.0551. The molecule has 1 rings (SSSR count). The van der Waals surface area contributed by atoms with Crippen LogP contribution in [0.4, 0.5) is 11.4 Å². The minimum atomic E-state index is -3.05. The van der Waals surface area contributed by atoms with Crippen LogP contribution in [-0.2, 0) is 15.5 Å². The standard InChI is InChI=1S/C10H14ClN2O4P/c1-4-7-5-8(11)9(6-10(7)13(14)15)12-18(3,16)17-2/h5-6H,4H2,1-3H3,(H,12,16). The maximum atomic E-state index is 11.8. The monoisotopic (exact) mass is 292 g/mol. The van der Waals surface area contributed by atoms with Crippen molar-refractivity contribution in [3.63, 3.8) is 0 Å². The number of nitrogens with zero attached hydrogens (tertiary/aromatic N) is 1. The molecule has 0 aliphatic heterocycles. The second-order valence-electron chi connectivity index (χ2n) is 3.71. The molecule has 0 aliphatic rings. The number of nitro groups is 1. The molecule has 18 heavy (non-hydrogen) atoms. The van der Waals surface area contributed by atoms with E-state index in [1.165, 1.54) is 25.9 Å². The molecule has 0 bridgehead atoms. The number of hydrogen-bond donors (Lipinski definition) is 1. The first-order chi connectivity index (χ1) is 8.30. The summed E-state index contributed by atoms with van der Waals surface area (Å²) in [6, 6.07) is 2.77. The van der Waals surface area contributed by atoms with Crippen molar-refractivity contribution in [2.24, 2.45) is 0 Å². The van der Waals surface area contributed by atoms with Crippen molar-refractivity contribution in [3.8, 4) is 0 Å². The van der Waals surface area contributed by atoms with Gasteiger partial charge >= 0.3 is 0 Å². The van der Waals surface area contributed by atoms with Crippen LogP contribution in [0, 0.1) is 10.1 Å². The highest BCUT2D eigenvalue weighted by molar-refractivity contribution is 7.59. The molecule has 1 N–H and O–H groups in total. The number of aryl methyl sites for hydroxylation is 1. The molecule has 0 amide bonds. The third-order valence-corrected chi connectivity index (χ3v) is 4.07. The number of hydrogen-bond acceptors (Lipinski definition) is 4. The molecule has 0 spiro atoms. The number of benzene rings is 1. The van der Waals surface area contributed by atoms with Crippen molar-refractivity contribution in [3.05, 3.63) is 32.8 Å². The second-order valence-corrected chi connectivity index (χ2v) is 6.40. The Kier molecular flexibility index (Phi) is 4.73. The Bertz CT molecular complexity index is 521.